The molecule has 2 heterocycles. The first-order chi connectivity index (χ1) is 21.9. The smallest absolute Gasteiger partial charge is 0.417 e. The molecule has 1 N–H and O–H groups in total. The molecule has 0 unspecified atom stereocenters. The van der Waals surface area contributed by atoms with E-state index >= 15 is 4.39 Å². The van der Waals surface area contributed by atoms with Crippen LogP contribution in [0.2, 0.25) is 0 Å². The predicted octanol–water partition coefficient (Wildman–Crippen LogP) is 5.35. The molecule has 1 saturated heterocycles. The van der Waals surface area contributed by atoms with E-state index in [2.05, 4.69) is 10.3 Å². The molecular weight excluding hydrogens is 606 g/mol. The number of ether oxygens (including phenoxy) is 2. The van der Waals surface area contributed by atoms with E-state index in [1.165, 1.54) is 24.3 Å². The lowest BCUT2D eigenvalue weighted by Gasteiger charge is -2.43. The SMILES string of the molecule is CCOc1ncccc1-c1ccc(N2CCN(C(=O)c3ccc(OC)cc3C(F)(F)F)C[C@H]2CC)c(C(=O)NCCN(C)C)c1F. The Bertz CT molecular complexity index is 1550. The number of likely N-dealkylation sites (N-methyl/N-ethyl adjacent to an activating group) is 1. The summed E-state index contributed by atoms with van der Waals surface area (Å²) in [6, 6.07) is 9.38. The van der Waals surface area contributed by atoms with Crippen LogP contribution in [0.3, 0.4) is 0 Å². The highest BCUT2D eigenvalue weighted by atomic mass is 19.4. The van der Waals surface area contributed by atoms with Crippen molar-refractivity contribution >= 4 is 17.5 Å². The number of alkyl halides is 3. The Hall–Kier alpha value is -4.39. The third-order valence-corrected chi connectivity index (χ3v) is 7.85. The second-order valence-corrected chi connectivity index (χ2v) is 11.1. The van der Waals surface area contributed by atoms with E-state index in [1.807, 2.05) is 30.8 Å². The average molecular weight is 646 g/mol. The summed E-state index contributed by atoms with van der Waals surface area (Å²) in [5.74, 6) is -1.92. The summed E-state index contributed by atoms with van der Waals surface area (Å²) < 4.78 is 68.8. The molecule has 9 nitrogen and oxygen atoms in total. The number of piperazine rings is 1. The molecule has 1 aliphatic rings. The molecule has 0 bridgehead atoms. The Morgan fingerprint density at radius 1 is 1.09 bits per heavy atom. The minimum absolute atomic E-state index is 0.0124. The standard InChI is InChI=1S/C33H39F4N5O4/c1-6-21-20-41(32(44)25-11-10-22(45-5)19-26(25)33(35,36)37)17-18-42(21)27-13-12-23(24-9-8-14-39-31(24)46-7-2)29(34)28(27)30(43)38-15-16-40(3)4/h8-14,19,21H,6-7,15-18,20H2,1-5H3,(H,38,43)/t21-/m1/s1. The fraction of sp³-hybridized carbons (Fsp3) is 0.424. The third kappa shape index (κ3) is 7.52. The van der Waals surface area contributed by atoms with Gasteiger partial charge in [-0.3, -0.25) is 9.59 Å². The molecule has 0 spiro atoms. The van der Waals surface area contributed by atoms with Crippen LogP contribution < -0.4 is 19.7 Å². The molecular formula is C33H39F4N5O4. The van der Waals surface area contributed by atoms with E-state index in [-0.39, 0.29) is 48.9 Å². The van der Waals surface area contributed by atoms with Crippen LogP contribution >= 0.6 is 0 Å². The summed E-state index contributed by atoms with van der Waals surface area (Å²) in [6.45, 7) is 5.06. The van der Waals surface area contributed by atoms with Gasteiger partial charge in [0, 0.05) is 56.1 Å². The van der Waals surface area contributed by atoms with Crippen molar-refractivity contribution in [1.29, 1.82) is 0 Å². The maximum Gasteiger partial charge on any atom is 0.417 e. The number of methoxy groups -OCH3 is 1. The summed E-state index contributed by atoms with van der Waals surface area (Å²) >= 11 is 0. The number of rotatable bonds is 11. The van der Waals surface area contributed by atoms with Gasteiger partial charge in [-0.05, 0) is 69.9 Å². The van der Waals surface area contributed by atoms with Crippen molar-refractivity contribution < 1.29 is 36.6 Å². The monoisotopic (exact) mass is 645 g/mol. The molecule has 1 atom stereocenters. The Labute approximate surface area is 266 Å². The minimum atomic E-state index is -4.77. The molecule has 2 aromatic carbocycles. The van der Waals surface area contributed by atoms with Crippen molar-refractivity contribution in [2.45, 2.75) is 32.5 Å². The van der Waals surface area contributed by atoms with Crippen LogP contribution in [-0.4, -0.2) is 93.2 Å². The summed E-state index contributed by atoms with van der Waals surface area (Å²) in [6.07, 6.45) is -2.76. The van der Waals surface area contributed by atoms with Crippen molar-refractivity contribution in [2.75, 3.05) is 65.4 Å². The number of carbonyl (C=O) groups is 2. The van der Waals surface area contributed by atoms with Crippen LogP contribution in [0.15, 0.2) is 48.7 Å². The quantitative estimate of drug-likeness (QED) is 0.282. The number of halogens is 4. The zero-order valence-corrected chi connectivity index (χ0v) is 26.6. The number of amides is 2. The first-order valence-corrected chi connectivity index (χ1v) is 15.1. The minimum Gasteiger partial charge on any atom is -0.497 e. The number of carbonyl (C=O) groups excluding carboxylic acids is 2. The third-order valence-electron chi connectivity index (χ3n) is 7.85. The van der Waals surface area contributed by atoms with E-state index in [0.29, 0.717) is 30.8 Å². The molecule has 0 radical (unpaired) electrons. The predicted molar refractivity (Wildman–Crippen MR) is 167 cm³/mol. The fourth-order valence-corrected chi connectivity index (χ4v) is 5.51. The topological polar surface area (TPSA) is 87.2 Å². The molecule has 46 heavy (non-hydrogen) atoms. The van der Waals surface area contributed by atoms with Gasteiger partial charge in [0.25, 0.3) is 11.8 Å². The van der Waals surface area contributed by atoms with Crippen molar-refractivity contribution in [3.8, 4) is 22.8 Å². The van der Waals surface area contributed by atoms with E-state index in [4.69, 9.17) is 9.47 Å². The van der Waals surface area contributed by atoms with Crippen molar-refractivity contribution in [1.82, 2.24) is 20.1 Å². The highest BCUT2D eigenvalue weighted by Gasteiger charge is 2.39. The molecule has 3 aromatic rings. The first kappa shape index (κ1) is 34.5. The number of hydrogen-bond donors (Lipinski definition) is 1. The molecule has 1 aliphatic heterocycles. The Morgan fingerprint density at radius 3 is 2.50 bits per heavy atom. The highest BCUT2D eigenvalue weighted by molar-refractivity contribution is 6.02. The second-order valence-electron chi connectivity index (χ2n) is 11.1. The van der Waals surface area contributed by atoms with Gasteiger partial charge in [0.05, 0.1) is 36.1 Å². The van der Waals surface area contributed by atoms with E-state index in [0.717, 1.165) is 12.1 Å². The van der Waals surface area contributed by atoms with Gasteiger partial charge in [-0.15, -0.1) is 0 Å². The van der Waals surface area contributed by atoms with Crippen LogP contribution in [0.25, 0.3) is 11.1 Å². The van der Waals surface area contributed by atoms with Gasteiger partial charge in [-0.1, -0.05) is 6.92 Å². The number of nitrogens with one attached hydrogen (secondary N) is 1. The lowest BCUT2D eigenvalue weighted by Crippen LogP contribution is -2.55. The van der Waals surface area contributed by atoms with E-state index in [9.17, 15) is 22.8 Å². The largest absolute Gasteiger partial charge is 0.497 e. The zero-order valence-electron chi connectivity index (χ0n) is 26.6. The average Bonchev–Trinajstić information content (AvgIpc) is 3.03. The van der Waals surface area contributed by atoms with E-state index < -0.39 is 41.0 Å². The molecule has 248 valence electrons. The maximum atomic E-state index is 16.5. The number of benzene rings is 2. The van der Waals surface area contributed by atoms with Crippen molar-refractivity contribution in [3.63, 3.8) is 0 Å². The molecule has 2 amide bonds. The lowest BCUT2D eigenvalue weighted by molar-refractivity contribution is -0.138. The Balaban J connectivity index is 1.71. The highest BCUT2D eigenvalue weighted by Crippen LogP contribution is 2.38. The summed E-state index contributed by atoms with van der Waals surface area (Å²) in [5.41, 5.74) is -0.879. The number of pyridine rings is 1. The number of anilines is 1. The van der Waals surface area contributed by atoms with Gasteiger partial charge in [0.2, 0.25) is 5.88 Å². The molecule has 1 fully saturated rings. The van der Waals surface area contributed by atoms with Crippen LogP contribution in [-0.2, 0) is 6.18 Å². The number of aromatic nitrogens is 1. The van der Waals surface area contributed by atoms with Crippen LogP contribution in [0.1, 0.15) is 46.5 Å². The van der Waals surface area contributed by atoms with Gasteiger partial charge in [0.1, 0.15) is 11.6 Å². The summed E-state index contributed by atoms with van der Waals surface area (Å²) in [4.78, 5) is 36.4. The number of nitrogens with zero attached hydrogens (tertiary/aromatic N) is 4. The van der Waals surface area contributed by atoms with Crippen LogP contribution in [0.4, 0.5) is 23.2 Å². The maximum absolute atomic E-state index is 16.5. The van der Waals surface area contributed by atoms with Crippen LogP contribution in [0.5, 0.6) is 11.6 Å². The molecule has 4 rings (SSSR count). The molecule has 13 heteroatoms. The number of hydrogen-bond acceptors (Lipinski definition) is 7. The van der Waals surface area contributed by atoms with E-state index in [1.54, 1.807) is 31.2 Å². The van der Waals surface area contributed by atoms with Gasteiger partial charge in [-0.2, -0.15) is 13.2 Å². The Kier molecular flexibility index (Phi) is 11.1. The van der Waals surface area contributed by atoms with Gasteiger partial charge in [-0.25, -0.2) is 9.37 Å². The lowest BCUT2D eigenvalue weighted by atomic mass is 9.97. The summed E-state index contributed by atoms with van der Waals surface area (Å²) in [5, 5.41) is 2.80. The van der Waals surface area contributed by atoms with Crippen LogP contribution in [0, 0.1) is 5.82 Å². The fourth-order valence-electron chi connectivity index (χ4n) is 5.51. The normalized spacial score (nSPS) is 15.2. The zero-order chi connectivity index (χ0) is 33.6. The summed E-state index contributed by atoms with van der Waals surface area (Å²) in [7, 11) is 4.96. The van der Waals surface area contributed by atoms with Gasteiger partial charge < -0.3 is 29.5 Å². The molecule has 1 aromatic heterocycles. The molecule has 0 aliphatic carbocycles. The van der Waals surface area contributed by atoms with Crippen molar-refractivity contribution in [2.24, 2.45) is 0 Å². The Morgan fingerprint density at radius 2 is 1.85 bits per heavy atom. The first-order valence-electron chi connectivity index (χ1n) is 15.1. The van der Waals surface area contributed by atoms with Crippen molar-refractivity contribution in [3.05, 3.63) is 71.2 Å². The molecule has 0 saturated carbocycles. The van der Waals surface area contributed by atoms with Gasteiger partial charge in [0.15, 0.2) is 0 Å². The van der Waals surface area contributed by atoms with Gasteiger partial charge >= 0.3 is 6.18 Å². The second kappa shape index (κ2) is 14.8.